The number of hydrogen-bond donors (Lipinski definition) is 1. The van der Waals surface area contributed by atoms with E-state index in [2.05, 4.69) is 21.2 Å². The minimum Gasteiger partial charge on any atom is -0.311 e. The molecule has 12 heavy (non-hydrogen) atoms. The van der Waals surface area contributed by atoms with Gasteiger partial charge in [-0.2, -0.15) is 0 Å². The van der Waals surface area contributed by atoms with Crippen molar-refractivity contribution in [1.82, 2.24) is 0 Å². The molecule has 0 saturated heterocycles. The van der Waals surface area contributed by atoms with Gasteiger partial charge in [0.15, 0.2) is 0 Å². The highest BCUT2D eigenvalue weighted by molar-refractivity contribution is 9.10. The molecule has 0 aliphatic rings. The first-order valence-corrected chi connectivity index (χ1v) is 4.18. The Hall–Kier alpha value is -0.610. The topological polar surface area (TPSA) is 29.1 Å². The maximum atomic E-state index is 12.6. The summed E-state index contributed by atoms with van der Waals surface area (Å²) < 4.78 is 13.2. The molecule has 1 aromatic carbocycles. The number of rotatable bonds is 1. The van der Waals surface area contributed by atoms with Crippen LogP contribution in [0.4, 0.5) is 14.9 Å². The van der Waals surface area contributed by atoms with Crippen molar-refractivity contribution in [2.45, 2.75) is 0 Å². The molecule has 0 aromatic heterocycles. The number of carbonyl (C=O) groups is 1. The van der Waals surface area contributed by atoms with Crippen molar-refractivity contribution in [2.24, 2.45) is 0 Å². The normalized spacial score (nSPS) is 9.58. The third-order valence-electron chi connectivity index (χ3n) is 1.16. The summed E-state index contributed by atoms with van der Waals surface area (Å²) in [6, 6.07) is 3.93. The smallest absolute Gasteiger partial charge is 0.311 e. The Morgan fingerprint density at radius 1 is 1.58 bits per heavy atom. The summed E-state index contributed by atoms with van der Waals surface area (Å²) in [4.78, 5) is 10.4. The standard InChI is InChI=1S/C7H4BrClFNO/c8-5-2-1-4(10)3-6(5)11-7(9)12/h1-3H,(H,11,12). The molecule has 0 atom stereocenters. The molecule has 5 heteroatoms. The second kappa shape index (κ2) is 3.87. The minimum absolute atomic E-state index is 0.315. The molecule has 1 N–H and O–H groups in total. The van der Waals surface area contributed by atoms with E-state index in [1.807, 2.05) is 0 Å². The molecule has 0 radical (unpaired) electrons. The van der Waals surface area contributed by atoms with Crippen LogP contribution in [0.1, 0.15) is 0 Å². The third-order valence-corrected chi connectivity index (χ3v) is 1.95. The number of carbonyl (C=O) groups excluding carboxylic acids is 1. The quantitative estimate of drug-likeness (QED) is 0.603. The van der Waals surface area contributed by atoms with Gasteiger partial charge in [-0.1, -0.05) is 0 Å². The lowest BCUT2D eigenvalue weighted by Gasteiger charge is -2.02. The van der Waals surface area contributed by atoms with Crippen LogP contribution < -0.4 is 5.32 Å². The molecule has 1 amide bonds. The second-order valence-corrected chi connectivity index (χ2v) is 3.22. The zero-order valence-corrected chi connectivity index (χ0v) is 8.12. The maximum Gasteiger partial charge on any atom is 0.318 e. The van der Waals surface area contributed by atoms with Gasteiger partial charge in [0, 0.05) is 4.47 Å². The van der Waals surface area contributed by atoms with Gasteiger partial charge in [-0.05, 0) is 45.7 Å². The van der Waals surface area contributed by atoms with Gasteiger partial charge in [-0.25, -0.2) is 4.39 Å². The highest BCUT2D eigenvalue weighted by Crippen LogP contribution is 2.23. The van der Waals surface area contributed by atoms with E-state index in [1.165, 1.54) is 18.2 Å². The van der Waals surface area contributed by atoms with Gasteiger partial charge >= 0.3 is 5.37 Å². The van der Waals surface area contributed by atoms with Crippen molar-refractivity contribution < 1.29 is 9.18 Å². The Morgan fingerprint density at radius 2 is 2.25 bits per heavy atom. The SMILES string of the molecule is O=C(Cl)Nc1cc(F)ccc1Br. The first kappa shape index (κ1) is 9.48. The molecule has 0 aliphatic carbocycles. The fraction of sp³-hybridized carbons (Fsp3) is 0. The highest BCUT2D eigenvalue weighted by atomic mass is 79.9. The molecular weight excluding hydrogens is 248 g/mol. The Morgan fingerprint density at radius 3 is 2.83 bits per heavy atom. The average Bonchev–Trinajstić information content (AvgIpc) is 1.96. The van der Waals surface area contributed by atoms with Crippen molar-refractivity contribution in [3.63, 3.8) is 0 Å². The average molecular weight is 252 g/mol. The van der Waals surface area contributed by atoms with Crippen LogP contribution in [0.3, 0.4) is 0 Å². The summed E-state index contributed by atoms with van der Waals surface area (Å²) >= 11 is 8.16. The van der Waals surface area contributed by atoms with E-state index in [0.29, 0.717) is 10.2 Å². The van der Waals surface area contributed by atoms with Gasteiger partial charge in [0.05, 0.1) is 5.69 Å². The molecule has 0 aliphatic heterocycles. The predicted octanol–water partition coefficient (Wildman–Crippen LogP) is 3.36. The summed E-state index contributed by atoms with van der Waals surface area (Å²) in [6.45, 7) is 0. The Bertz CT molecular complexity index is 318. The van der Waals surface area contributed by atoms with Crippen molar-refractivity contribution in [3.8, 4) is 0 Å². The van der Waals surface area contributed by atoms with E-state index in [4.69, 9.17) is 11.6 Å². The van der Waals surface area contributed by atoms with E-state index >= 15 is 0 Å². The molecule has 0 spiro atoms. The number of amides is 1. The zero-order valence-electron chi connectivity index (χ0n) is 5.77. The van der Waals surface area contributed by atoms with E-state index in [-0.39, 0.29) is 0 Å². The van der Waals surface area contributed by atoms with Crippen molar-refractivity contribution in [1.29, 1.82) is 0 Å². The fourth-order valence-electron chi connectivity index (χ4n) is 0.699. The van der Waals surface area contributed by atoms with Crippen LogP contribution in [0, 0.1) is 5.82 Å². The fourth-order valence-corrected chi connectivity index (χ4v) is 1.15. The first-order chi connectivity index (χ1) is 5.59. The Balaban J connectivity index is 2.97. The lowest BCUT2D eigenvalue weighted by molar-refractivity contribution is 0.269. The molecule has 64 valence electrons. The van der Waals surface area contributed by atoms with Crippen molar-refractivity contribution >= 4 is 38.6 Å². The Labute approximate surface area is 81.8 Å². The number of halogens is 3. The minimum atomic E-state index is -0.749. The number of nitrogens with one attached hydrogen (secondary N) is 1. The zero-order chi connectivity index (χ0) is 9.14. The van der Waals surface area contributed by atoms with Crippen molar-refractivity contribution in [2.75, 3.05) is 5.32 Å². The van der Waals surface area contributed by atoms with Crippen LogP contribution in [0.25, 0.3) is 0 Å². The summed E-state index contributed by atoms with van der Waals surface area (Å²) in [5.74, 6) is -0.432. The summed E-state index contributed by atoms with van der Waals surface area (Å²) in [5.41, 5.74) is 0.315. The summed E-state index contributed by atoms with van der Waals surface area (Å²) in [7, 11) is 0. The number of hydrogen-bond acceptors (Lipinski definition) is 1. The van der Waals surface area contributed by atoms with E-state index in [1.54, 1.807) is 0 Å². The van der Waals surface area contributed by atoms with Crippen LogP contribution in [-0.4, -0.2) is 5.37 Å². The molecule has 1 rings (SSSR count). The molecular formula is C7H4BrClFNO. The van der Waals surface area contributed by atoms with Crippen LogP contribution in [0.15, 0.2) is 22.7 Å². The van der Waals surface area contributed by atoms with Crippen LogP contribution in [0.2, 0.25) is 0 Å². The first-order valence-electron chi connectivity index (χ1n) is 3.01. The summed E-state index contributed by atoms with van der Waals surface area (Å²) in [6.07, 6.45) is 0. The predicted molar refractivity (Wildman–Crippen MR) is 49.0 cm³/mol. The van der Waals surface area contributed by atoms with Gasteiger partial charge in [0.1, 0.15) is 5.82 Å². The van der Waals surface area contributed by atoms with Gasteiger partial charge in [0.2, 0.25) is 0 Å². The van der Waals surface area contributed by atoms with Gasteiger partial charge in [-0.15, -0.1) is 0 Å². The molecule has 0 heterocycles. The van der Waals surface area contributed by atoms with E-state index in [0.717, 1.165) is 0 Å². The molecule has 0 fully saturated rings. The largest absolute Gasteiger partial charge is 0.318 e. The monoisotopic (exact) mass is 251 g/mol. The molecule has 1 aromatic rings. The lowest BCUT2D eigenvalue weighted by Crippen LogP contribution is -2.01. The van der Waals surface area contributed by atoms with E-state index < -0.39 is 11.2 Å². The number of anilines is 1. The number of benzene rings is 1. The van der Waals surface area contributed by atoms with Crippen LogP contribution in [-0.2, 0) is 0 Å². The third kappa shape index (κ3) is 2.46. The van der Waals surface area contributed by atoms with Crippen molar-refractivity contribution in [3.05, 3.63) is 28.5 Å². The molecule has 0 bridgehead atoms. The molecule has 2 nitrogen and oxygen atoms in total. The second-order valence-electron chi connectivity index (χ2n) is 2.02. The van der Waals surface area contributed by atoms with Crippen LogP contribution in [0.5, 0.6) is 0 Å². The highest BCUT2D eigenvalue weighted by Gasteiger charge is 2.03. The summed E-state index contributed by atoms with van der Waals surface area (Å²) in [5, 5.41) is 1.50. The molecule has 0 saturated carbocycles. The van der Waals surface area contributed by atoms with Gasteiger partial charge in [-0.3, -0.25) is 4.79 Å². The van der Waals surface area contributed by atoms with E-state index in [9.17, 15) is 9.18 Å². The molecule has 0 unspecified atom stereocenters. The van der Waals surface area contributed by atoms with Crippen LogP contribution >= 0.6 is 27.5 Å². The maximum absolute atomic E-state index is 12.6. The van der Waals surface area contributed by atoms with Gasteiger partial charge < -0.3 is 5.32 Å². The van der Waals surface area contributed by atoms with Gasteiger partial charge in [0.25, 0.3) is 0 Å². The Kier molecular flexibility index (Phi) is 3.05. The lowest BCUT2D eigenvalue weighted by atomic mass is 10.3.